The fourth-order valence-electron chi connectivity index (χ4n) is 11.7. The van der Waals surface area contributed by atoms with Crippen molar-refractivity contribution in [2.24, 2.45) is 5.73 Å². The van der Waals surface area contributed by atoms with Crippen LogP contribution in [0.1, 0.15) is 148 Å². The number of benzene rings is 12. The quantitative estimate of drug-likeness (QED) is 0.0460. The molecule has 0 atom stereocenters. The van der Waals surface area contributed by atoms with Crippen molar-refractivity contribution in [2.75, 3.05) is 5.32 Å². The Morgan fingerprint density at radius 2 is 0.647 bits per heavy atom. The summed E-state index contributed by atoms with van der Waals surface area (Å²) in [5.74, 6) is -5.26. The fraction of sp³-hybridized carbons (Fsp3) is 0.122. The largest absolute Gasteiger partial charge is 0.545 e. The lowest BCUT2D eigenvalue weighted by atomic mass is 9.96. The minimum absolute atomic E-state index is 0.0685. The molecule has 0 saturated heterocycles. The van der Waals surface area contributed by atoms with Crippen LogP contribution in [0, 0.1) is 0 Å². The highest BCUT2D eigenvalue weighted by Crippen LogP contribution is 2.41. The first-order valence-corrected chi connectivity index (χ1v) is 38.3. The van der Waals surface area contributed by atoms with E-state index in [1.54, 1.807) is 158 Å². The van der Waals surface area contributed by atoms with E-state index in [1.807, 2.05) is 61.5 Å². The van der Waals surface area contributed by atoms with Crippen molar-refractivity contribution < 1.29 is 78.0 Å². The van der Waals surface area contributed by atoms with Gasteiger partial charge in [0.25, 0.3) is 0 Å². The lowest BCUT2D eigenvalue weighted by Gasteiger charge is -2.16. The number of hydrogen-bond acceptors (Lipinski definition) is 16. The van der Waals surface area contributed by atoms with Crippen LogP contribution in [0.25, 0.3) is 0 Å². The Morgan fingerprint density at radius 3 is 1.02 bits per heavy atom. The molecule has 12 rings (SSSR count). The molecule has 18 nitrogen and oxygen atoms in total. The average molecular weight is 1720 g/mol. The highest BCUT2D eigenvalue weighted by atomic mass is 35.5. The maximum absolute atomic E-state index is 11.5. The number of carboxylic acids is 5. The summed E-state index contributed by atoms with van der Waals surface area (Å²) in [5, 5.41) is 62.0. The summed E-state index contributed by atoms with van der Waals surface area (Å²) >= 11 is 51.3. The number of rotatable bonds is 28. The van der Waals surface area contributed by atoms with Crippen molar-refractivity contribution in [3.63, 3.8) is 0 Å². The second-order valence-corrected chi connectivity index (χ2v) is 28.7. The first-order chi connectivity index (χ1) is 55.6. The zero-order valence-corrected chi connectivity index (χ0v) is 67.6. The first kappa shape index (κ1) is 88.4. The van der Waals surface area contributed by atoms with Crippen LogP contribution in [0.4, 0.5) is 5.69 Å². The van der Waals surface area contributed by atoms with Crippen LogP contribution in [0.3, 0.4) is 0 Å². The number of halogens is 8. The van der Waals surface area contributed by atoms with Crippen LogP contribution in [0.5, 0.6) is 23.0 Å². The third-order valence-electron chi connectivity index (χ3n) is 17.6. The van der Waals surface area contributed by atoms with Crippen molar-refractivity contribution in [3.8, 4) is 23.0 Å². The zero-order valence-electron chi connectivity index (χ0n) is 61.6. The van der Waals surface area contributed by atoms with Crippen LogP contribution < -0.4 is 55.5 Å². The van der Waals surface area contributed by atoms with Crippen LogP contribution in [0.2, 0.25) is 40.2 Å². The molecular weight excluding hydrogens is 1650 g/mol. The van der Waals surface area contributed by atoms with Crippen molar-refractivity contribution in [1.29, 1.82) is 0 Å². The Kier molecular flexibility index (Phi) is 32.5. The minimum Gasteiger partial charge on any atom is -0.545 e. The van der Waals surface area contributed by atoms with Gasteiger partial charge in [-0.15, -0.1) is 0 Å². The Balaban J connectivity index is 0.000000177. The molecule has 0 aromatic heterocycles. The minimum atomic E-state index is -1.28. The molecule has 0 aliphatic rings. The lowest BCUT2D eigenvalue weighted by Crippen LogP contribution is -2.24. The highest BCUT2D eigenvalue weighted by molar-refractivity contribution is 6.39. The maximum Gasteiger partial charge on any atom is 0.248 e. The van der Waals surface area contributed by atoms with Gasteiger partial charge in [0.15, 0.2) is 0 Å². The number of nitrogens with two attached hydrogens (primary N) is 1. The van der Waals surface area contributed by atoms with E-state index in [9.17, 15) is 59.1 Å². The summed E-state index contributed by atoms with van der Waals surface area (Å²) < 4.78 is 23.3. The van der Waals surface area contributed by atoms with Gasteiger partial charge in [-0.1, -0.05) is 270 Å². The zero-order chi connectivity index (χ0) is 83.7. The molecule has 594 valence electrons. The summed E-state index contributed by atoms with van der Waals surface area (Å²) in [6.07, 6.45) is 1.69. The number of amides is 2. The number of ether oxygens (including phenoxy) is 4. The second-order valence-electron chi connectivity index (χ2n) is 25.6. The van der Waals surface area contributed by atoms with Crippen molar-refractivity contribution in [1.82, 2.24) is 0 Å². The van der Waals surface area contributed by atoms with Crippen molar-refractivity contribution in [3.05, 3.63) is 389 Å². The molecule has 0 fully saturated rings. The molecule has 12 aromatic rings. The van der Waals surface area contributed by atoms with E-state index >= 15 is 0 Å². The number of aromatic carboxylic acids is 5. The van der Waals surface area contributed by atoms with E-state index < -0.39 is 35.8 Å². The predicted molar refractivity (Wildman–Crippen MR) is 440 cm³/mol. The Hall–Kier alpha value is -11.6. The maximum atomic E-state index is 11.5. The molecular formula is C90H67Cl8N2O16-5. The van der Waals surface area contributed by atoms with E-state index in [0.29, 0.717) is 115 Å². The van der Waals surface area contributed by atoms with Gasteiger partial charge < -0.3 is 79.5 Å². The van der Waals surface area contributed by atoms with Gasteiger partial charge in [-0.25, -0.2) is 0 Å². The highest BCUT2D eigenvalue weighted by Gasteiger charge is 2.21. The number of anilines is 1. The van der Waals surface area contributed by atoms with E-state index in [4.69, 9.17) is 117 Å². The van der Waals surface area contributed by atoms with Gasteiger partial charge in [0.2, 0.25) is 11.8 Å². The van der Waals surface area contributed by atoms with Crippen molar-refractivity contribution in [2.45, 2.75) is 72.4 Å². The van der Waals surface area contributed by atoms with Gasteiger partial charge in [0, 0.05) is 86.2 Å². The van der Waals surface area contributed by atoms with E-state index in [2.05, 4.69) is 5.32 Å². The van der Waals surface area contributed by atoms with Crippen LogP contribution >= 0.6 is 92.8 Å². The summed E-state index contributed by atoms with van der Waals surface area (Å²) in [6, 6.07) is 67.9. The van der Waals surface area contributed by atoms with E-state index in [1.165, 1.54) is 37.3 Å². The first-order valence-electron chi connectivity index (χ1n) is 35.3. The smallest absolute Gasteiger partial charge is 0.248 e. The van der Waals surface area contributed by atoms with Gasteiger partial charge in [0.1, 0.15) is 49.4 Å². The standard InChI is InChI=1S/C23H19Cl2NO4.C23H20Cl2O3.C22H17Cl2NO4.C22H16Cl2O5/c1-14(27)26-17-7-4-5-15(11-17)13-30-21-10-9-20(24)19(22(21)25)12-16-6-2-3-8-18(16)23(28)29;1-2-15-8-9-18(23(26)27)17(12-15)13-19-20(24)10-11-21(22(19)25)28-14-16-6-4-3-5-7-16;23-18-8-9-19(29-12-13-4-3-6-15(10-13)21(25)26)20(24)17(18)11-14-5-1-2-7-16(14)22(27)28;23-18-9-10-19(29-12-13-5-7-14(8-6-13)21(25)26)20(24)17(18)11-15-3-1-2-4-16(15)22(27)28/h2-11H,12-13H2,1H3,(H,26,27)(H,28,29);3-12H,2,13-14H2,1H3,(H,26,27);1-10H,11-12H2,(H2,25,26)(H,27,28);1-10H,11-12H2,(H,25,26)(H,27,28)/p-5. The average Bonchev–Trinajstić information content (AvgIpc) is 0.818. The van der Waals surface area contributed by atoms with Crippen molar-refractivity contribution >= 4 is 140 Å². The van der Waals surface area contributed by atoms with Crippen LogP contribution in [-0.4, -0.2) is 41.7 Å². The third kappa shape index (κ3) is 24.7. The molecule has 0 bridgehead atoms. The number of hydrogen-bond donors (Lipinski definition) is 2. The summed E-state index contributed by atoms with van der Waals surface area (Å²) in [7, 11) is 0. The molecule has 2 amide bonds. The molecule has 3 N–H and O–H groups in total. The molecule has 116 heavy (non-hydrogen) atoms. The molecule has 0 heterocycles. The van der Waals surface area contributed by atoms with Gasteiger partial charge in [-0.3, -0.25) is 9.59 Å². The predicted octanol–water partition coefficient (Wildman–Crippen LogP) is 16.1. The van der Waals surface area contributed by atoms with Gasteiger partial charge in [0.05, 0.1) is 49.9 Å². The molecule has 12 aromatic carbocycles. The van der Waals surface area contributed by atoms with Crippen LogP contribution in [0.15, 0.2) is 243 Å². The normalized spacial score (nSPS) is 10.6. The Labute approximate surface area is 708 Å². The number of nitrogens with one attached hydrogen (secondary N) is 1. The number of primary amides is 1. The third-order valence-corrected chi connectivity index (χ3v) is 20.7. The van der Waals surface area contributed by atoms with Gasteiger partial charge >= 0.3 is 0 Å². The second kappa shape index (κ2) is 42.7. The van der Waals surface area contributed by atoms with Crippen LogP contribution in [-0.2, 0) is 63.3 Å². The number of carboxylic acid groups (broad SMARTS) is 5. The summed E-state index contributed by atoms with van der Waals surface area (Å²) in [5.41, 5.74) is 15.7. The van der Waals surface area contributed by atoms with E-state index in [-0.39, 0.29) is 89.3 Å². The molecule has 0 aliphatic heterocycles. The van der Waals surface area contributed by atoms with Gasteiger partial charge in [-0.2, -0.15) is 0 Å². The number of carbonyl (C=O) groups excluding carboxylic acids is 7. The SMILES string of the molecule is CC(=O)Nc1cccc(COc2ccc(Cl)c(Cc3ccccc3C(=O)[O-])c2Cl)c1.CCc1ccc(C(=O)[O-])c(Cc2c(Cl)ccc(OCc3ccccc3)c2Cl)c1.NC(=O)c1cccc(COc2ccc(Cl)c(Cc3ccccc3C(=O)[O-])c2Cl)c1.O=C([O-])c1ccc(COc2ccc(Cl)c(Cc3ccccc3C(=O)[O-])c2Cl)cc1. The monoisotopic (exact) mass is 1710 g/mol. The molecule has 0 aliphatic carbocycles. The number of aryl methyl sites for hydroxylation is 1. The fourth-order valence-corrected chi connectivity index (χ4v) is 13.9. The number of carbonyl (C=O) groups is 7. The Bertz CT molecular complexity index is 5590. The molecule has 0 unspecified atom stereocenters. The topological polar surface area (TPSA) is 310 Å². The molecule has 0 spiro atoms. The molecule has 26 heteroatoms. The van der Waals surface area contributed by atoms with E-state index in [0.717, 1.165) is 34.2 Å². The Morgan fingerprint density at radius 1 is 0.319 bits per heavy atom. The summed E-state index contributed by atoms with van der Waals surface area (Å²) in [4.78, 5) is 78.9. The lowest BCUT2D eigenvalue weighted by molar-refractivity contribution is -0.256. The molecule has 0 saturated carbocycles. The molecule has 0 radical (unpaired) electrons. The van der Waals surface area contributed by atoms with Gasteiger partial charge in [-0.05, 0) is 157 Å². The summed E-state index contributed by atoms with van der Waals surface area (Å²) in [6.45, 7) is 4.37.